The summed E-state index contributed by atoms with van der Waals surface area (Å²) < 4.78 is 11.0. The summed E-state index contributed by atoms with van der Waals surface area (Å²) >= 11 is 0. The van der Waals surface area contributed by atoms with Crippen molar-refractivity contribution < 1.29 is 18.9 Å². The average Bonchev–Trinajstić information content (AvgIpc) is 2.48. The van der Waals surface area contributed by atoms with E-state index in [0.29, 0.717) is 0 Å². The Labute approximate surface area is 102 Å². The van der Waals surface area contributed by atoms with Crippen LogP contribution in [0.5, 0.6) is 0 Å². The van der Waals surface area contributed by atoms with E-state index in [4.69, 9.17) is 9.31 Å². The molecular weight excluding hydrogens is 219 g/mol. The largest absolute Gasteiger partial charge is 0.613 e. The Bertz CT molecular complexity index is 396. The van der Waals surface area contributed by atoms with E-state index in [9.17, 15) is 9.59 Å². The third-order valence-electron chi connectivity index (χ3n) is 4.16. The second kappa shape index (κ2) is 3.00. The summed E-state index contributed by atoms with van der Waals surface area (Å²) in [5, 5.41) is -0.404. The van der Waals surface area contributed by atoms with E-state index in [-0.39, 0.29) is 17.9 Å². The van der Waals surface area contributed by atoms with Gasteiger partial charge in [0.05, 0.1) is 0 Å². The van der Waals surface area contributed by atoms with Crippen molar-refractivity contribution in [1.82, 2.24) is 0 Å². The Kier molecular flexibility index (Phi) is 2.18. The van der Waals surface area contributed by atoms with Gasteiger partial charge in [-0.3, -0.25) is 9.59 Å². The molecule has 2 saturated heterocycles. The normalized spacial score (nSPS) is 35.6. The minimum absolute atomic E-state index is 0.282. The molecule has 2 atom stereocenters. The third-order valence-corrected chi connectivity index (χ3v) is 4.16. The zero-order valence-corrected chi connectivity index (χ0v) is 11.3. The molecular formula is C12H19BO4. The first kappa shape index (κ1) is 12.3. The van der Waals surface area contributed by atoms with Gasteiger partial charge in [-0.15, -0.1) is 0 Å². The third kappa shape index (κ3) is 1.28. The molecule has 0 radical (unpaired) electrons. The molecule has 0 saturated carbocycles. The van der Waals surface area contributed by atoms with Gasteiger partial charge in [0.1, 0.15) is 0 Å². The molecule has 0 amide bonds. The highest BCUT2D eigenvalue weighted by Gasteiger charge is 2.79. The van der Waals surface area contributed by atoms with Crippen LogP contribution in [-0.4, -0.2) is 18.5 Å². The monoisotopic (exact) mass is 238 g/mol. The number of fused-ring (bicyclic) bond motifs is 1. The summed E-state index contributed by atoms with van der Waals surface area (Å²) in [7, 11) is 0. The van der Waals surface area contributed by atoms with Gasteiger partial charge in [0.15, 0.2) is 11.3 Å². The van der Waals surface area contributed by atoms with E-state index in [1.54, 1.807) is 20.8 Å². The first-order valence-electron chi connectivity index (χ1n) is 6.02. The maximum absolute atomic E-state index is 12.0. The molecule has 0 spiro atoms. The predicted molar refractivity (Wildman–Crippen MR) is 63.8 cm³/mol. The first-order valence-corrected chi connectivity index (χ1v) is 6.02. The average molecular weight is 238 g/mol. The number of hydrogen-bond acceptors (Lipinski definition) is 4. The highest BCUT2D eigenvalue weighted by molar-refractivity contribution is 6.82. The summed E-state index contributed by atoms with van der Waals surface area (Å²) in [6.45, 7) is 9.25. The summed E-state index contributed by atoms with van der Waals surface area (Å²) in [5.41, 5.74) is -0.737. The van der Waals surface area contributed by atoms with E-state index >= 15 is 0 Å². The van der Waals surface area contributed by atoms with Gasteiger partial charge in [-0.25, -0.2) is 0 Å². The molecule has 4 nitrogen and oxygen atoms in total. The fraction of sp³-hybridized carbons (Fsp3) is 0.750. The van der Waals surface area contributed by atoms with Crippen LogP contribution in [0.25, 0.3) is 0 Å². The molecule has 94 valence electrons. The summed E-state index contributed by atoms with van der Waals surface area (Å²) in [5.74, 6) is -0.118. The molecule has 2 aliphatic rings. The molecule has 0 aliphatic carbocycles. The quantitative estimate of drug-likeness (QED) is 0.479. The fourth-order valence-corrected chi connectivity index (χ4v) is 3.13. The Hall–Kier alpha value is -1.13. The molecule has 0 aromatic heterocycles. The minimum Gasteiger partial charge on any atom is -0.613 e. The van der Waals surface area contributed by atoms with Crippen LogP contribution in [0.2, 0.25) is 5.31 Å². The summed E-state index contributed by atoms with van der Waals surface area (Å²) in [6.07, 6.45) is 0. The lowest BCUT2D eigenvalue weighted by molar-refractivity contribution is -0.146. The van der Waals surface area contributed by atoms with Crippen LogP contribution in [0.4, 0.5) is 0 Å². The molecule has 2 fully saturated rings. The molecule has 2 heterocycles. The molecule has 0 aromatic rings. The van der Waals surface area contributed by atoms with E-state index in [0.717, 1.165) is 5.82 Å². The molecule has 1 unspecified atom stereocenters. The minimum atomic E-state index is -1.96. The van der Waals surface area contributed by atoms with E-state index in [2.05, 4.69) is 0 Å². The fourth-order valence-electron chi connectivity index (χ4n) is 3.13. The van der Waals surface area contributed by atoms with E-state index in [1.807, 2.05) is 20.8 Å². The maximum atomic E-state index is 12.0. The highest BCUT2D eigenvalue weighted by atomic mass is 16.7. The second-order valence-corrected chi connectivity index (χ2v) is 6.72. The zero-order chi connectivity index (χ0) is 13.2. The van der Waals surface area contributed by atoms with Gasteiger partial charge in [-0.05, 0) is 26.1 Å². The number of carbonyl (C=O) groups excluding carboxylic acids is 2. The Balaban J connectivity index is 2.59. The van der Waals surface area contributed by atoms with Crippen LogP contribution in [0.3, 0.4) is 0 Å². The van der Waals surface area contributed by atoms with Gasteiger partial charge in [0.2, 0.25) is 0 Å². The molecule has 2 rings (SSSR count). The smallest absolute Gasteiger partial charge is 0.564 e. The Morgan fingerprint density at radius 3 is 2.18 bits per heavy atom. The molecule has 0 bridgehead atoms. The van der Waals surface area contributed by atoms with Gasteiger partial charge in [-0.2, -0.15) is 0 Å². The van der Waals surface area contributed by atoms with Crippen LogP contribution in [0, 0.1) is 17.2 Å². The summed E-state index contributed by atoms with van der Waals surface area (Å²) in [4.78, 5) is 23.8. The molecule has 0 aromatic carbocycles. The van der Waals surface area contributed by atoms with Crippen molar-refractivity contribution in [2.45, 2.75) is 46.9 Å². The second-order valence-electron chi connectivity index (χ2n) is 6.72. The molecule has 17 heavy (non-hydrogen) atoms. The first-order chi connectivity index (χ1) is 7.54. The van der Waals surface area contributed by atoms with Crippen LogP contribution in [0.1, 0.15) is 41.5 Å². The Morgan fingerprint density at radius 1 is 1.24 bits per heavy atom. The van der Waals surface area contributed by atoms with Gasteiger partial charge >= 0.3 is 18.5 Å². The van der Waals surface area contributed by atoms with Crippen molar-refractivity contribution in [3.8, 4) is 0 Å². The van der Waals surface area contributed by atoms with Crippen LogP contribution < -0.4 is 0 Å². The predicted octanol–water partition coefficient (Wildman–Crippen LogP) is 2.12. The lowest BCUT2D eigenvalue weighted by Crippen LogP contribution is -2.50. The van der Waals surface area contributed by atoms with Crippen molar-refractivity contribution >= 4 is 18.5 Å². The molecule has 0 N–H and O–H groups in total. The van der Waals surface area contributed by atoms with Crippen molar-refractivity contribution in [3.05, 3.63) is 5.82 Å². The SMILES string of the molecule is C[C@H]1C(=O)O[B-]2(C(C)(C)C)OC(=O)C(C)(C)[C+]12. The van der Waals surface area contributed by atoms with Crippen molar-refractivity contribution in [2.75, 3.05) is 0 Å². The van der Waals surface area contributed by atoms with Crippen molar-refractivity contribution in [1.29, 1.82) is 0 Å². The number of hydrogen-bond donors (Lipinski definition) is 0. The lowest BCUT2D eigenvalue weighted by atomic mass is 9.31. The molecule has 2 aliphatic heterocycles. The van der Waals surface area contributed by atoms with E-state index < -0.39 is 17.3 Å². The highest BCUT2D eigenvalue weighted by Crippen LogP contribution is 2.61. The Morgan fingerprint density at radius 2 is 1.76 bits per heavy atom. The van der Waals surface area contributed by atoms with Gasteiger partial charge in [0.25, 0.3) is 0 Å². The number of rotatable bonds is 0. The van der Waals surface area contributed by atoms with Gasteiger partial charge in [0, 0.05) is 5.82 Å². The van der Waals surface area contributed by atoms with E-state index in [1.165, 1.54) is 0 Å². The van der Waals surface area contributed by atoms with Crippen molar-refractivity contribution in [2.24, 2.45) is 11.3 Å². The van der Waals surface area contributed by atoms with Crippen LogP contribution >= 0.6 is 0 Å². The lowest BCUT2D eigenvalue weighted by Gasteiger charge is -2.37. The standard InChI is InChI=1S/C12H19BO4/c1-7-8-12(5,6)10(15)17-13(8,11(2,3)4)16-9(7)14/h7H,1-6H3/t7-,13?/m1/s1. The van der Waals surface area contributed by atoms with Gasteiger partial charge in [-0.1, -0.05) is 20.8 Å². The van der Waals surface area contributed by atoms with Crippen molar-refractivity contribution in [3.63, 3.8) is 0 Å². The van der Waals surface area contributed by atoms with Gasteiger partial charge < -0.3 is 9.31 Å². The zero-order valence-electron chi connectivity index (χ0n) is 11.3. The molecule has 5 heteroatoms. The number of carbonyl (C=O) groups is 2. The van der Waals surface area contributed by atoms with Crippen LogP contribution in [0.15, 0.2) is 0 Å². The maximum Gasteiger partial charge on any atom is 0.564 e. The summed E-state index contributed by atoms with van der Waals surface area (Å²) in [6, 6.07) is 0. The van der Waals surface area contributed by atoms with Crippen LogP contribution in [-0.2, 0) is 18.9 Å². The topological polar surface area (TPSA) is 52.6 Å².